The summed E-state index contributed by atoms with van der Waals surface area (Å²) in [4.78, 5) is 26.8. The van der Waals surface area contributed by atoms with Crippen LogP contribution in [0.3, 0.4) is 0 Å². The zero-order chi connectivity index (χ0) is 19.3. The molecule has 1 aromatic heterocycles. The van der Waals surface area contributed by atoms with E-state index in [1.807, 2.05) is 35.2 Å². The minimum Gasteiger partial charge on any atom is -0.342 e. The lowest BCUT2D eigenvalue weighted by Crippen LogP contribution is -2.39. The van der Waals surface area contributed by atoms with Crippen LogP contribution in [0.15, 0.2) is 46.8 Å². The number of carbonyl (C=O) groups is 1. The van der Waals surface area contributed by atoms with E-state index in [9.17, 15) is 9.59 Å². The second-order valence-corrected chi connectivity index (χ2v) is 7.64. The number of hydrogen-bond acceptors (Lipinski definition) is 4. The summed E-state index contributed by atoms with van der Waals surface area (Å²) in [6.07, 6.45) is 6.31. The van der Waals surface area contributed by atoms with Gasteiger partial charge in [-0.15, -0.1) is 0 Å². The van der Waals surface area contributed by atoms with Crippen LogP contribution in [-0.4, -0.2) is 51.8 Å². The molecule has 2 aliphatic rings. The summed E-state index contributed by atoms with van der Waals surface area (Å²) in [5.41, 5.74) is 1.89. The number of likely N-dealkylation sites (tertiary alicyclic amines) is 1. The van der Waals surface area contributed by atoms with E-state index in [4.69, 9.17) is 0 Å². The third-order valence-electron chi connectivity index (χ3n) is 5.73. The summed E-state index contributed by atoms with van der Waals surface area (Å²) in [5, 5.41) is 10.1. The Kier molecular flexibility index (Phi) is 5.71. The molecule has 0 bridgehead atoms. The fraction of sp³-hybridized carbons (Fsp3) is 0.476. The minimum absolute atomic E-state index is 0.205. The standard InChI is InChI=1S/C21H27N5O2/c27-20(15-16-6-10-22-11-7-16)25-12-8-17(9-13-25)14-19-23-24-21(28)26(19)18-4-2-1-3-5-18/h1-6,17,22H,7-15H2,(H,24,28). The van der Waals surface area contributed by atoms with E-state index >= 15 is 0 Å². The molecule has 1 fully saturated rings. The van der Waals surface area contributed by atoms with E-state index in [0.717, 1.165) is 63.4 Å². The van der Waals surface area contributed by atoms with Crippen molar-refractivity contribution in [1.29, 1.82) is 0 Å². The predicted octanol–water partition coefficient (Wildman–Crippen LogP) is 1.65. The van der Waals surface area contributed by atoms with E-state index in [2.05, 4.69) is 21.6 Å². The van der Waals surface area contributed by atoms with Crippen LogP contribution in [0.5, 0.6) is 0 Å². The Morgan fingerprint density at radius 2 is 1.96 bits per heavy atom. The van der Waals surface area contributed by atoms with Crippen LogP contribution in [0.1, 0.15) is 31.5 Å². The number of nitrogens with zero attached hydrogens (tertiary/aromatic N) is 3. The Bertz CT molecular complexity index is 891. The van der Waals surface area contributed by atoms with Gasteiger partial charge in [-0.3, -0.25) is 4.79 Å². The number of rotatable bonds is 5. The summed E-state index contributed by atoms with van der Waals surface area (Å²) >= 11 is 0. The maximum Gasteiger partial charge on any atom is 0.347 e. The molecule has 0 spiro atoms. The van der Waals surface area contributed by atoms with Crippen LogP contribution in [0.2, 0.25) is 0 Å². The topological polar surface area (TPSA) is 83.0 Å². The van der Waals surface area contributed by atoms with Gasteiger partial charge in [0.25, 0.3) is 0 Å². The van der Waals surface area contributed by atoms with E-state index in [-0.39, 0.29) is 11.6 Å². The highest BCUT2D eigenvalue weighted by molar-refractivity contribution is 5.78. The zero-order valence-corrected chi connectivity index (χ0v) is 16.1. The summed E-state index contributed by atoms with van der Waals surface area (Å²) in [6, 6.07) is 9.59. The van der Waals surface area contributed by atoms with Crippen LogP contribution in [0, 0.1) is 5.92 Å². The maximum absolute atomic E-state index is 12.6. The molecular weight excluding hydrogens is 354 g/mol. The second-order valence-electron chi connectivity index (χ2n) is 7.64. The lowest BCUT2D eigenvalue weighted by Gasteiger charge is -2.32. The molecule has 28 heavy (non-hydrogen) atoms. The van der Waals surface area contributed by atoms with E-state index in [0.29, 0.717) is 12.3 Å². The number of H-pyrrole nitrogens is 1. The molecule has 2 aromatic rings. The molecule has 1 amide bonds. The molecule has 3 heterocycles. The number of hydrogen-bond donors (Lipinski definition) is 2. The smallest absolute Gasteiger partial charge is 0.342 e. The first-order valence-corrected chi connectivity index (χ1v) is 10.1. The first-order chi connectivity index (χ1) is 13.7. The SMILES string of the molecule is O=C(CC1=CCNCC1)N1CCC(Cc2n[nH]c(=O)n2-c2ccccc2)CC1. The first kappa shape index (κ1) is 18.7. The van der Waals surface area contributed by atoms with Gasteiger partial charge in [-0.05, 0) is 43.9 Å². The van der Waals surface area contributed by atoms with Gasteiger partial charge in [0.15, 0.2) is 0 Å². The predicted molar refractivity (Wildman–Crippen MR) is 107 cm³/mol. The van der Waals surface area contributed by atoms with Crippen molar-refractivity contribution in [1.82, 2.24) is 25.0 Å². The van der Waals surface area contributed by atoms with Gasteiger partial charge < -0.3 is 10.2 Å². The Balaban J connectivity index is 1.35. The number of aromatic amines is 1. The van der Waals surface area contributed by atoms with Crippen LogP contribution < -0.4 is 11.0 Å². The lowest BCUT2D eigenvalue weighted by atomic mass is 9.92. The molecule has 2 aliphatic heterocycles. The largest absolute Gasteiger partial charge is 0.347 e. The van der Waals surface area contributed by atoms with Gasteiger partial charge in [0.1, 0.15) is 5.82 Å². The quantitative estimate of drug-likeness (QED) is 0.772. The molecule has 7 nitrogen and oxygen atoms in total. The van der Waals surface area contributed by atoms with Crippen molar-refractivity contribution in [2.24, 2.45) is 5.92 Å². The zero-order valence-electron chi connectivity index (χ0n) is 16.1. The highest BCUT2D eigenvalue weighted by atomic mass is 16.2. The Labute approximate surface area is 164 Å². The van der Waals surface area contributed by atoms with Crippen molar-refractivity contribution in [2.45, 2.75) is 32.1 Å². The summed E-state index contributed by atoms with van der Waals surface area (Å²) in [7, 11) is 0. The van der Waals surface area contributed by atoms with Gasteiger partial charge >= 0.3 is 5.69 Å². The molecule has 0 atom stereocenters. The minimum atomic E-state index is -0.205. The molecule has 1 saturated heterocycles. The number of nitrogens with one attached hydrogen (secondary N) is 2. The molecular formula is C21H27N5O2. The number of benzene rings is 1. The summed E-state index contributed by atoms with van der Waals surface area (Å²) in [5.74, 6) is 1.44. The highest BCUT2D eigenvalue weighted by Gasteiger charge is 2.25. The Hall–Kier alpha value is -2.67. The van der Waals surface area contributed by atoms with Crippen LogP contribution >= 0.6 is 0 Å². The Morgan fingerprint density at radius 3 is 2.68 bits per heavy atom. The van der Waals surface area contributed by atoms with E-state index in [1.54, 1.807) is 4.57 Å². The van der Waals surface area contributed by atoms with Crippen LogP contribution in [0.25, 0.3) is 5.69 Å². The molecule has 2 N–H and O–H groups in total. The molecule has 148 valence electrons. The molecule has 4 rings (SSSR count). The molecule has 0 aliphatic carbocycles. The highest BCUT2D eigenvalue weighted by Crippen LogP contribution is 2.23. The fourth-order valence-corrected chi connectivity index (χ4v) is 4.09. The van der Waals surface area contributed by atoms with Crippen LogP contribution in [-0.2, 0) is 11.2 Å². The van der Waals surface area contributed by atoms with Gasteiger partial charge in [0.2, 0.25) is 5.91 Å². The van der Waals surface area contributed by atoms with Crippen LogP contribution in [0.4, 0.5) is 0 Å². The fourth-order valence-electron chi connectivity index (χ4n) is 4.09. The third-order valence-corrected chi connectivity index (χ3v) is 5.73. The number of piperidine rings is 1. The first-order valence-electron chi connectivity index (χ1n) is 10.1. The van der Waals surface area contributed by atoms with Crippen molar-refractivity contribution in [2.75, 3.05) is 26.2 Å². The van der Waals surface area contributed by atoms with Gasteiger partial charge in [-0.1, -0.05) is 29.8 Å². The average Bonchev–Trinajstić information content (AvgIpc) is 3.10. The lowest BCUT2D eigenvalue weighted by molar-refractivity contribution is -0.131. The van der Waals surface area contributed by atoms with Gasteiger partial charge in [0.05, 0.1) is 5.69 Å². The molecule has 0 saturated carbocycles. The van der Waals surface area contributed by atoms with Crippen molar-refractivity contribution in [3.05, 3.63) is 58.3 Å². The van der Waals surface area contributed by atoms with Crippen molar-refractivity contribution < 1.29 is 4.79 Å². The molecule has 1 aromatic carbocycles. The van der Waals surface area contributed by atoms with E-state index < -0.39 is 0 Å². The van der Waals surface area contributed by atoms with Gasteiger partial charge in [-0.2, -0.15) is 5.10 Å². The van der Waals surface area contributed by atoms with Gasteiger partial charge in [-0.25, -0.2) is 14.5 Å². The number of para-hydroxylation sites is 1. The normalized spacial score (nSPS) is 18.1. The molecule has 0 radical (unpaired) electrons. The van der Waals surface area contributed by atoms with Crippen molar-refractivity contribution in [3.63, 3.8) is 0 Å². The third kappa shape index (κ3) is 4.25. The monoisotopic (exact) mass is 381 g/mol. The molecule has 7 heteroatoms. The second kappa shape index (κ2) is 8.56. The number of aromatic nitrogens is 3. The maximum atomic E-state index is 12.6. The summed E-state index contributed by atoms with van der Waals surface area (Å²) < 4.78 is 1.65. The number of carbonyl (C=O) groups excluding carboxylic acids is 1. The van der Waals surface area contributed by atoms with Gasteiger partial charge in [0, 0.05) is 32.5 Å². The average molecular weight is 381 g/mol. The van der Waals surface area contributed by atoms with Crippen molar-refractivity contribution in [3.8, 4) is 5.69 Å². The van der Waals surface area contributed by atoms with E-state index in [1.165, 1.54) is 5.57 Å². The molecule has 0 unspecified atom stereocenters. The summed E-state index contributed by atoms with van der Waals surface area (Å²) in [6.45, 7) is 3.41. The Morgan fingerprint density at radius 1 is 1.18 bits per heavy atom. The number of amides is 1. The van der Waals surface area contributed by atoms with Crippen molar-refractivity contribution >= 4 is 5.91 Å².